The van der Waals surface area contributed by atoms with Crippen LogP contribution in [0.2, 0.25) is 37.8 Å². The van der Waals surface area contributed by atoms with E-state index in [4.69, 9.17) is 4.43 Å². The summed E-state index contributed by atoms with van der Waals surface area (Å²) in [7, 11) is -3.26. The lowest BCUT2D eigenvalue weighted by molar-refractivity contribution is 0.177. The molecule has 194 valence electrons. The number of hydrogen-bond donors (Lipinski definition) is 0. The average Bonchev–Trinajstić information content (AvgIpc) is 2.72. The maximum absolute atomic E-state index is 7.04. The standard InChI is InChI=1S/C32H52OSi2/c1-26(18-16-17-23-34(8,9)10)24-28(3)31(33-35(11,12)32(5,6)7)29(4)25-27(2)21-22-30-19-14-13-15-20-30/h13-16,18-20,24-25,27-28,31H,21-22H2,1-12H3/b18-16+,26-24+,29-25+/t27-,28+,31+/m0/s1. The number of aryl methyl sites for hydroxylation is 1. The number of allylic oxidation sites excluding steroid dienone is 4. The molecule has 0 fully saturated rings. The summed E-state index contributed by atoms with van der Waals surface area (Å²) in [5.74, 6) is 4.05. The predicted octanol–water partition coefficient (Wildman–Crippen LogP) is 9.61. The summed E-state index contributed by atoms with van der Waals surface area (Å²) in [5, 5.41) is 0.176. The fourth-order valence-electron chi connectivity index (χ4n) is 3.76. The highest BCUT2D eigenvalue weighted by molar-refractivity contribution is 6.83. The average molecular weight is 509 g/mol. The minimum atomic E-state index is -1.92. The van der Waals surface area contributed by atoms with Crippen molar-refractivity contribution < 1.29 is 4.43 Å². The summed E-state index contributed by atoms with van der Waals surface area (Å²) in [6.07, 6.45) is 11.3. The normalized spacial score (nSPS) is 16.6. The van der Waals surface area contributed by atoms with Gasteiger partial charge in [-0.3, -0.25) is 0 Å². The topological polar surface area (TPSA) is 9.23 Å². The van der Waals surface area contributed by atoms with Crippen LogP contribution in [0, 0.1) is 23.3 Å². The second kappa shape index (κ2) is 13.6. The molecule has 0 aliphatic rings. The Hall–Kier alpha value is -1.61. The van der Waals surface area contributed by atoms with E-state index in [1.54, 1.807) is 0 Å². The Morgan fingerprint density at radius 3 is 2.11 bits per heavy atom. The van der Waals surface area contributed by atoms with E-state index in [1.165, 1.54) is 16.7 Å². The molecule has 0 aromatic heterocycles. The summed E-state index contributed by atoms with van der Waals surface area (Å²) in [4.78, 5) is 0. The van der Waals surface area contributed by atoms with Crippen molar-refractivity contribution in [2.75, 3.05) is 0 Å². The van der Waals surface area contributed by atoms with Gasteiger partial charge in [0.2, 0.25) is 0 Å². The molecule has 0 bridgehead atoms. The van der Waals surface area contributed by atoms with Crippen LogP contribution in [0.4, 0.5) is 0 Å². The van der Waals surface area contributed by atoms with Crippen molar-refractivity contribution in [3.63, 3.8) is 0 Å². The Labute approximate surface area is 220 Å². The van der Waals surface area contributed by atoms with Gasteiger partial charge in [-0.15, -0.1) is 5.54 Å². The van der Waals surface area contributed by atoms with E-state index in [0.717, 1.165) is 12.8 Å². The fourth-order valence-corrected chi connectivity index (χ4v) is 5.67. The van der Waals surface area contributed by atoms with Gasteiger partial charge in [-0.1, -0.05) is 114 Å². The van der Waals surface area contributed by atoms with Crippen LogP contribution in [0.3, 0.4) is 0 Å². The van der Waals surface area contributed by atoms with Gasteiger partial charge < -0.3 is 4.43 Å². The smallest absolute Gasteiger partial charge is 0.192 e. The van der Waals surface area contributed by atoms with Gasteiger partial charge in [0.15, 0.2) is 8.32 Å². The first-order chi connectivity index (χ1) is 16.0. The number of hydrogen-bond acceptors (Lipinski definition) is 1. The Kier molecular flexibility index (Phi) is 12.2. The first-order valence-electron chi connectivity index (χ1n) is 13.3. The molecule has 35 heavy (non-hydrogen) atoms. The van der Waals surface area contributed by atoms with Gasteiger partial charge >= 0.3 is 0 Å². The molecular formula is C32H52OSi2. The van der Waals surface area contributed by atoms with Gasteiger partial charge in [0.1, 0.15) is 8.07 Å². The first-order valence-corrected chi connectivity index (χ1v) is 19.7. The molecule has 0 aliphatic heterocycles. The van der Waals surface area contributed by atoms with Crippen LogP contribution in [0.5, 0.6) is 0 Å². The SMILES string of the molecule is CC(/C=C/C#C[Si](C)(C)C)=C\[C@@H](C)[C@@H](O[Si](C)(C)C(C)(C)C)/C(C)=C/[C@@H](C)CCc1ccccc1. The van der Waals surface area contributed by atoms with Crippen molar-refractivity contribution in [1.29, 1.82) is 0 Å². The monoisotopic (exact) mass is 508 g/mol. The van der Waals surface area contributed by atoms with E-state index >= 15 is 0 Å². The highest BCUT2D eigenvalue weighted by Gasteiger charge is 2.40. The lowest BCUT2D eigenvalue weighted by atomic mass is 9.92. The van der Waals surface area contributed by atoms with E-state index < -0.39 is 16.4 Å². The van der Waals surface area contributed by atoms with E-state index in [9.17, 15) is 0 Å². The van der Waals surface area contributed by atoms with Gasteiger partial charge in [0.25, 0.3) is 0 Å². The first kappa shape index (κ1) is 31.4. The van der Waals surface area contributed by atoms with Crippen molar-refractivity contribution in [2.24, 2.45) is 11.8 Å². The molecule has 0 saturated heterocycles. The molecule has 0 heterocycles. The molecule has 1 rings (SSSR count). The molecule has 1 aromatic rings. The zero-order valence-electron chi connectivity index (χ0n) is 24.8. The molecular weight excluding hydrogens is 457 g/mol. The molecule has 3 heteroatoms. The molecule has 0 radical (unpaired) electrons. The van der Waals surface area contributed by atoms with Gasteiger partial charge in [-0.25, -0.2) is 0 Å². The Balaban J connectivity index is 3.11. The summed E-state index contributed by atoms with van der Waals surface area (Å²) in [6, 6.07) is 10.8. The van der Waals surface area contributed by atoms with E-state index in [1.807, 2.05) is 6.08 Å². The van der Waals surface area contributed by atoms with Crippen LogP contribution in [-0.2, 0) is 10.8 Å². The van der Waals surface area contributed by atoms with E-state index in [2.05, 4.69) is 141 Å². The van der Waals surface area contributed by atoms with Crippen LogP contribution in [-0.4, -0.2) is 22.5 Å². The van der Waals surface area contributed by atoms with Crippen molar-refractivity contribution in [2.45, 2.75) is 105 Å². The molecule has 0 N–H and O–H groups in total. The number of benzene rings is 1. The van der Waals surface area contributed by atoms with E-state index in [0.29, 0.717) is 5.92 Å². The predicted molar refractivity (Wildman–Crippen MR) is 163 cm³/mol. The second-order valence-electron chi connectivity index (χ2n) is 12.8. The third kappa shape index (κ3) is 12.3. The lowest BCUT2D eigenvalue weighted by Gasteiger charge is -2.41. The Morgan fingerprint density at radius 1 is 0.971 bits per heavy atom. The molecule has 0 spiro atoms. The Bertz CT molecular complexity index is 928. The van der Waals surface area contributed by atoms with Crippen LogP contribution >= 0.6 is 0 Å². The van der Waals surface area contributed by atoms with Crippen molar-refractivity contribution >= 4 is 16.4 Å². The molecule has 0 aliphatic carbocycles. The summed E-state index contributed by atoms with van der Waals surface area (Å²) >= 11 is 0. The second-order valence-corrected chi connectivity index (χ2v) is 22.3. The zero-order chi connectivity index (χ0) is 26.9. The highest BCUT2D eigenvalue weighted by Crippen LogP contribution is 2.39. The largest absolute Gasteiger partial charge is 0.410 e. The van der Waals surface area contributed by atoms with E-state index in [-0.39, 0.29) is 17.1 Å². The lowest BCUT2D eigenvalue weighted by Crippen LogP contribution is -2.45. The summed E-state index contributed by atoms with van der Waals surface area (Å²) in [5.41, 5.74) is 7.43. The van der Waals surface area contributed by atoms with Crippen LogP contribution in [0.1, 0.15) is 60.5 Å². The van der Waals surface area contributed by atoms with Crippen LogP contribution < -0.4 is 0 Å². The highest BCUT2D eigenvalue weighted by atomic mass is 28.4. The molecule has 0 unspecified atom stereocenters. The Morgan fingerprint density at radius 2 is 1.57 bits per heavy atom. The van der Waals surface area contributed by atoms with Crippen LogP contribution in [0.15, 0.2) is 65.8 Å². The third-order valence-corrected chi connectivity index (χ3v) is 12.2. The van der Waals surface area contributed by atoms with Crippen LogP contribution in [0.25, 0.3) is 0 Å². The molecule has 0 amide bonds. The maximum Gasteiger partial charge on any atom is 0.192 e. The maximum atomic E-state index is 7.04. The van der Waals surface area contributed by atoms with Crippen molar-refractivity contribution in [3.8, 4) is 11.5 Å². The summed E-state index contributed by atoms with van der Waals surface area (Å²) < 4.78 is 7.04. The minimum absolute atomic E-state index is 0.0893. The fraction of sp³-hybridized carbons (Fsp3) is 0.562. The quantitative estimate of drug-likeness (QED) is 0.132. The zero-order valence-corrected chi connectivity index (χ0v) is 26.8. The summed E-state index contributed by atoms with van der Waals surface area (Å²) in [6.45, 7) is 27.6. The van der Waals surface area contributed by atoms with Crippen molar-refractivity contribution in [3.05, 3.63) is 71.3 Å². The molecule has 0 saturated carbocycles. The van der Waals surface area contributed by atoms with Gasteiger partial charge in [0.05, 0.1) is 6.10 Å². The number of rotatable bonds is 10. The van der Waals surface area contributed by atoms with Gasteiger partial charge in [-0.2, -0.15) is 0 Å². The van der Waals surface area contributed by atoms with Crippen molar-refractivity contribution in [1.82, 2.24) is 0 Å². The molecule has 1 nitrogen and oxygen atoms in total. The third-order valence-electron chi connectivity index (χ3n) is 6.84. The molecule has 3 atom stereocenters. The van der Waals surface area contributed by atoms with Gasteiger partial charge in [0, 0.05) is 5.92 Å². The van der Waals surface area contributed by atoms with Gasteiger partial charge in [-0.05, 0) is 68.0 Å². The minimum Gasteiger partial charge on any atom is -0.410 e. The molecule has 1 aromatic carbocycles.